The lowest BCUT2D eigenvalue weighted by Gasteiger charge is -2.07. The molecule has 0 atom stereocenters. The molecule has 0 aliphatic heterocycles. The molecule has 0 N–H and O–H groups in total. The molecule has 19 heavy (non-hydrogen) atoms. The summed E-state index contributed by atoms with van der Waals surface area (Å²) in [6.45, 7) is 5.17. The fourth-order valence-corrected chi connectivity index (χ4v) is 2.53. The van der Waals surface area contributed by atoms with Crippen molar-refractivity contribution in [3.63, 3.8) is 0 Å². The van der Waals surface area contributed by atoms with Crippen molar-refractivity contribution in [3.8, 4) is 0 Å². The molecule has 0 fully saturated rings. The molecule has 3 aromatic rings. The van der Waals surface area contributed by atoms with Crippen LogP contribution in [0.5, 0.6) is 0 Å². The van der Waals surface area contributed by atoms with E-state index < -0.39 is 0 Å². The third kappa shape index (κ3) is 2.39. The van der Waals surface area contributed by atoms with Crippen LogP contribution in [0.25, 0.3) is 11.0 Å². The van der Waals surface area contributed by atoms with Crippen LogP contribution in [0.2, 0.25) is 0 Å². The fourth-order valence-electron chi connectivity index (χ4n) is 2.53. The Balaban J connectivity index is 1.90. The quantitative estimate of drug-likeness (QED) is 0.689. The Morgan fingerprint density at radius 1 is 1.00 bits per heavy atom. The van der Waals surface area contributed by atoms with E-state index in [2.05, 4.69) is 71.9 Å². The van der Waals surface area contributed by atoms with Gasteiger partial charge >= 0.3 is 0 Å². The van der Waals surface area contributed by atoms with Crippen LogP contribution in [0.1, 0.15) is 17.0 Å². The molecule has 3 rings (SSSR count). The first-order valence-electron chi connectivity index (χ1n) is 6.71. The summed E-state index contributed by atoms with van der Waals surface area (Å²) in [5.41, 5.74) is 4.97. The summed E-state index contributed by atoms with van der Waals surface area (Å²) < 4.78 is 2.31. The summed E-state index contributed by atoms with van der Waals surface area (Å²) in [6.07, 6.45) is 1.04. The van der Waals surface area contributed by atoms with Gasteiger partial charge in [-0.15, -0.1) is 0 Å². The van der Waals surface area contributed by atoms with Gasteiger partial charge in [-0.25, -0.2) is 4.98 Å². The summed E-state index contributed by atoms with van der Waals surface area (Å²) in [6, 6.07) is 17.1. The van der Waals surface area contributed by atoms with Crippen molar-refractivity contribution in [1.29, 1.82) is 0 Å². The minimum Gasteiger partial charge on any atom is -0.328 e. The van der Waals surface area contributed by atoms with Gasteiger partial charge in [-0.2, -0.15) is 0 Å². The maximum atomic E-state index is 4.65. The molecule has 1 aromatic heterocycles. The van der Waals surface area contributed by atoms with Gasteiger partial charge in [0.25, 0.3) is 0 Å². The molecule has 0 saturated heterocycles. The predicted molar refractivity (Wildman–Crippen MR) is 79.4 cm³/mol. The number of benzene rings is 2. The Kier molecular flexibility index (Phi) is 3.08. The molecule has 96 valence electrons. The minimum atomic E-state index is 0.982. The molecule has 2 nitrogen and oxygen atoms in total. The lowest BCUT2D eigenvalue weighted by Crippen LogP contribution is -2.03. The fraction of sp³-hybridized carbons (Fsp3) is 0.235. The van der Waals surface area contributed by atoms with E-state index in [1.165, 1.54) is 16.6 Å². The molecular weight excluding hydrogens is 232 g/mol. The number of hydrogen-bond acceptors (Lipinski definition) is 1. The highest BCUT2D eigenvalue weighted by Gasteiger charge is 2.07. The molecule has 0 saturated carbocycles. The van der Waals surface area contributed by atoms with E-state index in [4.69, 9.17) is 0 Å². The average Bonchev–Trinajstić information content (AvgIpc) is 2.72. The van der Waals surface area contributed by atoms with Gasteiger partial charge in [0.15, 0.2) is 0 Å². The molecule has 0 unspecified atom stereocenters. The normalized spacial score (nSPS) is 11.1. The smallest absolute Gasteiger partial charge is 0.106 e. The van der Waals surface area contributed by atoms with Crippen molar-refractivity contribution in [1.82, 2.24) is 9.55 Å². The van der Waals surface area contributed by atoms with E-state index in [0.717, 1.165) is 24.3 Å². The number of aryl methyl sites for hydroxylation is 4. The Morgan fingerprint density at radius 3 is 2.58 bits per heavy atom. The van der Waals surface area contributed by atoms with Crippen LogP contribution < -0.4 is 0 Å². The van der Waals surface area contributed by atoms with Crippen LogP contribution in [0.15, 0.2) is 48.5 Å². The summed E-state index contributed by atoms with van der Waals surface area (Å²) in [4.78, 5) is 4.65. The van der Waals surface area contributed by atoms with Crippen LogP contribution >= 0.6 is 0 Å². The monoisotopic (exact) mass is 250 g/mol. The molecule has 0 aliphatic carbocycles. The third-order valence-electron chi connectivity index (χ3n) is 3.56. The standard InChI is InChI=1S/C17H18N2/c1-13-8-9-17-16(12-13)18-14(2)19(17)11-10-15-6-4-3-5-7-15/h3-9,12H,10-11H2,1-2H3. The second kappa shape index (κ2) is 4.88. The van der Waals surface area contributed by atoms with Crippen molar-refractivity contribution in [2.75, 3.05) is 0 Å². The molecule has 2 aromatic carbocycles. The second-order valence-electron chi connectivity index (χ2n) is 5.04. The van der Waals surface area contributed by atoms with Crippen LogP contribution in [0.4, 0.5) is 0 Å². The van der Waals surface area contributed by atoms with E-state index >= 15 is 0 Å². The maximum Gasteiger partial charge on any atom is 0.106 e. The molecule has 0 bridgehead atoms. The molecular formula is C17H18N2. The van der Waals surface area contributed by atoms with Crippen LogP contribution in [-0.2, 0) is 13.0 Å². The van der Waals surface area contributed by atoms with Crippen LogP contribution in [-0.4, -0.2) is 9.55 Å². The Morgan fingerprint density at radius 2 is 1.79 bits per heavy atom. The van der Waals surface area contributed by atoms with E-state index in [0.29, 0.717) is 0 Å². The van der Waals surface area contributed by atoms with Gasteiger partial charge in [-0.3, -0.25) is 0 Å². The largest absolute Gasteiger partial charge is 0.328 e. The second-order valence-corrected chi connectivity index (χ2v) is 5.04. The van der Waals surface area contributed by atoms with Gasteiger partial charge in [-0.1, -0.05) is 36.4 Å². The highest BCUT2D eigenvalue weighted by molar-refractivity contribution is 5.76. The zero-order valence-electron chi connectivity index (χ0n) is 11.4. The Bertz CT molecular complexity index is 696. The zero-order valence-corrected chi connectivity index (χ0v) is 11.4. The molecule has 0 spiro atoms. The SMILES string of the molecule is Cc1ccc2c(c1)nc(C)n2CCc1ccccc1. The zero-order chi connectivity index (χ0) is 13.2. The van der Waals surface area contributed by atoms with E-state index in [1.54, 1.807) is 0 Å². The molecule has 2 heteroatoms. The Hall–Kier alpha value is -2.09. The van der Waals surface area contributed by atoms with Gasteiger partial charge in [0, 0.05) is 6.54 Å². The predicted octanol–water partition coefficient (Wildman–Crippen LogP) is 3.90. The van der Waals surface area contributed by atoms with Gasteiger partial charge in [0.1, 0.15) is 5.82 Å². The van der Waals surface area contributed by atoms with Gasteiger partial charge < -0.3 is 4.57 Å². The van der Waals surface area contributed by atoms with Crippen molar-refractivity contribution >= 4 is 11.0 Å². The first-order chi connectivity index (χ1) is 9.24. The summed E-state index contributed by atoms with van der Waals surface area (Å²) in [5.74, 6) is 1.09. The number of nitrogens with zero attached hydrogens (tertiary/aromatic N) is 2. The lowest BCUT2D eigenvalue weighted by molar-refractivity contribution is 0.692. The van der Waals surface area contributed by atoms with Crippen molar-refractivity contribution < 1.29 is 0 Å². The average molecular weight is 250 g/mol. The van der Waals surface area contributed by atoms with Crippen LogP contribution in [0.3, 0.4) is 0 Å². The van der Waals surface area contributed by atoms with Crippen LogP contribution in [0, 0.1) is 13.8 Å². The molecule has 0 aliphatic rings. The summed E-state index contributed by atoms with van der Waals surface area (Å²) >= 11 is 0. The van der Waals surface area contributed by atoms with Crippen molar-refractivity contribution in [2.24, 2.45) is 0 Å². The first kappa shape index (κ1) is 12.0. The number of hydrogen-bond donors (Lipinski definition) is 0. The number of aromatic nitrogens is 2. The van der Waals surface area contributed by atoms with Crippen molar-refractivity contribution in [2.45, 2.75) is 26.8 Å². The lowest BCUT2D eigenvalue weighted by atomic mass is 10.1. The maximum absolute atomic E-state index is 4.65. The van der Waals surface area contributed by atoms with Crippen molar-refractivity contribution in [3.05, 3.63) is 65.5 Å². The summed E-state index contributed by atoms with van der Waals surface area (Å²) in [5, 5.41) is 0. The van der Waals surface area contributed by atoms with E-state index in [-0.39, 0.29) is 0 Å². The number of rotatable bonds is 3. The minimum absolute atomic E-state index is 0.982. The summed E-state index contributed by atoms with van der Waals surface area (Å²) in [7, 11) is 0. The highest BCUT2D eigenvalue weighted by atomic mass is 15.1. The van der Waals surface area contributed by atoms with Gasteiger partial charge in [-0.05, 0) is 43.5 Å². The van der Waals surface area contributed by atoms with E-state index in [1.807, 2.05) is 0 Å². The van der Waals surface area contributed by atoms with Gasteiger partial charge in [0.2, 0.25) is 0 Å². The third-order valence-corrected chi connectivity index (χ3v) is 3.56. The highest BCUT2D eigenvalue weighted by Crippen LogP contribution is 2.18. The molecule has 0 amide bonds. The number of fused-ring (bicyclic) bond motifs is 1. The topological polar surface area (TPSA) is 17.8 Å². The first-order valence-corrected chi connectivity index (χ1v) is 6.71. The van der Waals surface area contributed by atoms with Gasteiger partial charge in [0.05, 0.1) is 11.0 Å². The number of imidazole rings is 1. The molecule has 0 radical (unpaired) electrons. The Labute approximate surface area is 113 Å². The van der Waals surface area contributed by atoms with E-state index in [9.17, 15) is 0 Å². The molecule has 1 heterocycles.